The minimum absolute atomic E-state index is 0.132. The standard InChI is InChI=1S/C8H7F3O2.C7H7F/c1-12-6-2-4-7(5-3-6)13-8(9,10)11;1-6-4-2-3-5-7(6)8/h2-5H,1H3;2-5H,1H3. The molecule has 0 N–H and O–H groups in total. The third-order valence-electron chi connectivity index (χ3n) is 2.37. The average Bonchev–Trinajstić information content (AvgIpc) is 2.42. The summed E-state index contributed by atoms with van der Waals surface area (Å²) in [5.41, 5.74) is 0.701. The van der Waals surface area contributed by atoms with Crippen LogP contribution in [0.1, 0.15) is 5.56 Å². The van der Waals surface area contributed by atoms with Crippen LogP contribution in [0.15, 0.2) is 48.5 Å². The molecule has 0 aliphatic heterocycles. The number of rotatable bonds is 2. The topological polar surface area (TPSA) is 18.5 Å². The van der Waals surface area contributed by atoms with Crippen molar-refractivity contribution in [2.24, 2.45) is 0 Å². The fourth-order valence-electron chi connectivity index (χ4n) is 1.33. The predicted molar refractivity (Wildman–Crippen MR) is 70.8 cm³/mol. The van der Waals surface area contributed by atoms with Gasteiger partial charge in [-0.25, -0.2) is 4.39 Å². The van der Waals surface area contributed by atoms with Gasteiger partial charge in [0, 0.05) is 0 Å². The van der Waals surface area contributed by atoms with Crippen LogP contribution in [0.5, 0.6) is 11.5 Å². The molecule has 114 valence electrons. The second-order valence-corrected chi connectivity index (χ2v) is 3.97. The van der Waals surface area contributed by atoms with Crippen LogP contribution in [-0.2, 0) is 0 Å². The van der Waals surface area contributed by atoms with E-state index in [1.165, 1.54) is 37.4 Å². The van der Waals surface area contributed by atoms with E-state index in [0.717, 1.165) is 0 Å². The van der Waals surface area contributed by atoms with E-state index in [1.807, 2.05) is 6.07 Å². The van der Waals surface area contributed by atoms with Crippen molar-refractivity contribution in [3.8, 4) is 11.5 Å². The molecular formula is C15H14F4O2. The molecule has 6 heteroatoms. The van der Waals surface area contributed by atoms with Gasteiger partial charge in [-0.15, -0.1) is 13.2 Å². The Hall–Kier alpha value is -2.24. The number of alkyl halides is 3. The monoisotopic (exact) mass is 302 g/mol. The summed E-state index contributed by atoms with van der Waals surface area (Å²) in [6.07, 6.45) is -4.64. The Balaban J connectivity index is 0.000000235. The van der Waals surface area contributed by atoms with Crippen LogP contribution < -0.4 is 9.47 Å². The van der Waals surface area contributed by atoms with Gasteiger partial charge in [-0.1, -0.05) is 18.2 Å². The molecule has 0 aromatic heterocycles. The van der Waals surface area contributed by atoms with Gasteiger partial charge in [-0.2, -0.15) is 0 Å². The summed E-state index contributed by atoms with van der Waals surface area (Å²) in [6.45, 7) is 1.75. The molecular weight excluding hydrogens is 288 g/mol. The third kappa shape index (κ3) is 6.65. The summed E-state index contributed by atoms with van der Waals surface area (Å²) in [6, 6.07) is 11.9. The van der Waals surface area contributed by atoms with Crippen molar-refractivity contribution < 1.29 is 27.0 Å². The van der Waals surface area contributed by atoms with Gasteiger partial charge < -0.3 is 9.47 Å². The lowest BCUT2D eigenvalue weighted by Crippen LogP contribution is -2.16. The van der Waals surface area contributed by atoms with E-state index >= 15 is 0 Å². The van der Waals surface area contributed by atoms with Gasteiger partial charge in [0.2, 0.25) is 0 Å². The summed E-state index contributed by atoms with van der Waals surface area (Å²) in [5.74, 6) is 0.0929. The molecule has 2 aromatic rings. The molecule has 0 aliphatic carbocycles. The van der Waals surface area contributed by atoms with Crippen LogP contribution in [0.3, 0.4) is 0 Å². The number of ether oxygens (including phenoxy) is 2. The van der Waals surface area contributed by atoms with Gasteiger partial charge in [-0.3, -0.25) is 0 Å². The molecule has 0 bridgehead atoms. The quantitative estimate of drug-likeness (QED) is 0.747. The number of halogens is 4. The number of methoxy groups -OCH3 is 1. The lowest BCUT2D eigenvalue weighted by atomic mass is 10.2. The Labute approximate surface area is 119 Å². The highest BCUT2D eigenvalue weighted by Gasteiger charge is 2.30. The smallest absolute Gasteiger partial charge is 0.497 e. The molecule has 0 fully saturated rings. The molecule has 2 aromatic carbocycles. The number of hydrogen-bond donors (Lipinski definition) is 0. The number of hydrogen-bond acceptors (Lipinski definition) is 2. The van der Waals surface area contributed by atoms with Crippen LogP contribution in [0.2, 0.25) is 0 Å². The van der Waals surface area contributed by atoms with Crippen molar-refractivity contribution >= 4 is 0 Å². The first-order valence-electron chi connectivity index (χ1n) is 5.93. The fraction of sp³-hybridized carbons (Fsp3) is 0.200. The summed E-state index contributed by atoms with van der Waals surface area (Å²) < 4.78 is 55.7. The van der Waals surface area contributed by atoms with Crippen LogP contribution in [0.25, 0.3) is 0 Å². The molecule has 2 rings (SSSR count). The lowest BCUT2D eigenvalue weighted by Gasteiger charge is -2.08. The van der Waals surface area contributed by atoms with Crippen LogP contribution in [0, 0.1) is 12.7 Å². The Kier molecular flexibility index (Phi) is 6.02. The molecule has 0 spiro atoms. The van der Waals surface area contributed by atoms with Crippen molar-refractivity contribution in [1.29, 1.82) is 0 Å². The normalized spacial score (nSPS) is 10.4. The van der Waals surface area contributed by atoms with Crippen molar-refractivity contribution in [2.45, 2.75) is 13.3 Å². The summed E-state index contributed by atoms with van der Waals surface area (Å²) >= 11 is 0. The van der Waals surface area contributed by atoms with Crippen LogP contribution in [0.4, 0.5) is 17.6 Å². The lowest BCUT2D eigenvalue weighted by molar-refractivity contribution is -0.274. The Bertz CT molecular complexity index is 529. The molecule has 0 radical (unpaired) electrons. The van der Waals surface area contributed by atoms with Gasteiger partial charge >= 0.3 is 6.36 Å². The second-order valence-electron chi connectivity index (χ2n) is 3.97. The van der Waals surface area contributed by atoms with Crippen molar-refractivity contribution in [3.63, 3.8) is 0 Å². The van der Waals surface area contributed by atoms with Gasteiger partial charge in [-0.05, 0) is 42.8 Å². The maximum absolute atomic E-state index is 12.3. The maximum Gasteiger partial charge on any atom is 0.573 e. The average molecular weight is 302 g/mol. The minimum atomic E-state index is -4.64. The number of aryl methyl sites for hydroxylation is 1. The number of benzene rings is 2. The third-order valence-corrected chi connectivity index (χ3v) is 2.37. The van der Waals surface area contributed by atoms with Gasteiger partial charge in [0.1, 0.15) is 17.3 Å². The van der Waals surface area contributed by atoms with Crippen molar-refractivity contribution in [1.82, 2.24) is 0 Å². The van der Waals surface area contributed by atoms with Crippen LogP contribution in [-0.4, -0.2) is 13.5 Å². The molecule has 0 unspecified atom stereocenters. The van der Waals surface area contributed by atoms with E-state index in [4.69, 9.17) is 4.74 Å². The van der Waals surface area contributed by atoms with E-state index < -0.39 is 6.36 Å². The van der Waals surface area contributed by atoms with E-state index in [-0.39, 0.29) is 11.6 Å². The first kappa shape index (κ1) is 16.8. The van der Waals surface area contributed by atoms with Gasteiger partial charge in [0.15, 0.2) is 0 Å². The Morgan fingerprint density at radius 1 is 0.857 bits per heavy atom. The summed E-state index contributed by atoms with van der Waals surface area (Å²) in [7, 11) is 1.43. The zero-order valence-corrected chi connectivity index (χ0v) is 11.4. The van der Waals surface area contributed by atoms with Gasteiger partial charge in [0.05, 0.1) is 7.11 Å². The molecule has 0 saturated carbocycles. The molecule has 0 atom stereocenters. The molecule has 21 heavy (non-hydrogen) atoms. The van der Waals surface area contributed by atoms with Crippen molar-refractivity contribution in [2.75, 3.05) is 7.11 Å². The first-order valence-corrected chi connectivity index (χ1v) is 5.93. The predicted octanol–water partition coefficient (Wildman–Crippen LogP) is 4.73. The van der Waals surface area contributed by atoms with E-state index in [2.05, 4.69) is 4.74 Å². The SMILES string of the molecule is COc1ccc(OC(F)(F)F)cc1.Cc1ccccc1F. The second kappa shape index (κ2) is 7.52. The summed E-state index contributed by atoms with van der Waals surface area (Å²) in [5, 5.41) is 0. The summed E-state index contributed by atoms with van der Waals surface area (Å²) in [4.78, 5) is 0. The highest BCUT2D eigenvalue weighted by molar-refractivity contribution is 5.31. The highest BCUT2D eigenvalue weighted by Crippen LogP contribution is 2.24. The first-order chi connectivity index (χ1) is 9.81. The van der Waals surface area contributed by atoms with E-state index in [1.54, 1.807) is 19.1 Å². The fourth-order valence-corrected chi connectivity index (χ4v) is 1.33. The van der Waals surface area contributed by atoms with Gasteiger partial charge in [0.25, 0.3) is 0 Å². The molecule has 0 amide bonds. The largest absolute Gasteiger partial charge is 0.573 e. The molecule has 0 saturated heterocycles. The van der Waals surface area contributed by atoms with E-state index in [9.17, 15) is 17.6 Å². The van der Waals surface area contributed by atoms with E-state index in [0.29, 0.717) is 11.3 Å². The minimum Gasteiger partial charge on any atom is -0.497 e. The zero-order valence-electron chi connectivity index (χ0n) is 11.4. The zero-order chi connectivity index (χ0) is 15.9. The Morgan fingerprint density at radius 3 is 1.76 bits per heavy atom. The highest BCUT2D eigenvalue weighted by atomic mass is 19.4. The van der Waals surface area contributed by atoms with Crippen molar-refractivity contribution in [3.05, 3.63) is 59.9 Å². The Morgan fingerprint density at radius 2 is 1.38 bits per heavy atom. The van der Waals surface area contributed by atoms with Crippen LogP contribution >= 0.6 is 0 Å². The molecule has 2 nitrogen and oxygen atoms in total. The maximum atomic E-state index is 12.3. The molecule has 0 aliphatic rings. The molecule has 0 heterocycles.